The van der Waals surface area contributed by atoms with Crippen LogP contribution < -0.4 is 10.5 Å². The first-order chi connectivity index (χ1) is 9.36. The molecule has 1 aromatic rings. The molecular formula is C13H14F5NO. The maximum atomic E-state index is 13.4. The second-order valence-corrected chi connectivity index (χ2v) is 5.11. The van der Waals surface area contributed by atoms with E-state index < -0.39 is 40.4 Å². The van der Waals surface area contributed by atoms with Gasteiger partial charge in [0.05, 0.1) is 5.54 Å². The maximum absolute atomic E-state index is 13.4. The van der Waals surface area contributed by atoms with Gasteiger partial charge in [-0.15, -0.1) is 0 Å². The number of benzene rings is 1. The molecule has 0 bridgehead atoms. The molecule has 1 aliphatic carbocycles. The van der Waals surface area contributed by atoms with E-state index in [2.05, 4.69) is 0 Å². The molecule has 0 radical (unpaired) electrons. The Bertz CT molecular complexity index is 485. The SMILES string of the molecule is NC1(COc2c(F)c(F)c(F)c(F)c2F)CCCCC1. The summed E-state index contributed by atoms with van der Waals surface area (Å²) in [4.78, 5) is 0. The first-order valence-electron chi connectivity index (χ1n) is 6.29. The van der Waals surface area contributed by atoms with Crippen LogP contribution in [0.5, 0.6) is 5.75 Å². The summed E-state index contributed by atoms with van der Waals surface area (Å²) < 4.78 is 70.4. The molecule has 2 nitrogen and oxygen atoms in total. The molecule has 0 unspecified atom stereocenters. The molecule has 0 heterocycles. The summed E-state index contributed by atoms with van der Waals surface area (Å²) in [5.74, 6) is -11.5. The summed E-state index contributed by atoms with van der Waals surface area (Å²) in [6.07, 6.45) is 3.86. The highest BCUT2D eigenvalue weighted by Gasteiger charge is 2.32. The molecule has 1 aliphatic rings. The van der Waals surface area contributed by atoms with Crippen molar-refractivity contribution in [2.24, 2.45) is 5.73 Å². The van der Waals surface area contributed by atoms with Crippen LogP contribution in [0.4, 0.5) is 22.0 Å². The highest BCUT2D eigenvalue weighted by Crippen LogP contribution is 2.31. The van der Waals surface area contributed by atoms with Crippen LogP contribution in [0, 0.1) is 29.1 Å². The third-order valence-electron chi connectivity index (χ3n) is 3.52. The lowest BCUT2D eigenvalue weighted by molar-refractivity contribution is 0.159. The fraction of sp³-hybridized carbons (Fsp3) is 0.538. The summed E-state index contributed by atoms with van der Waals surface area (Å²) in [6, 6.07) is 0. The maximum Gasteiger partial charge on any atom is 0.206 e. The summed E-state index contributed by atoms with van der Waals surface area (Å²) in [6.45, 7) is -0.286. The third kappa shape index (κ3) is 2.72. The van der Waals surface area contributed by atoms with Gasteiger partial charge < -0.3 is 10.5 Å². The molecule has 0 aliphatic heterocycles. The van der Waals surface area contributed by atoms with E-state index in [1.807, 2.05) is 0 Å². The van der Waals surface area contributed by atoms with E-state index in [1.54, 1.807) is 0 Å². The van der Waals surface area contributed by atoms with Gasteiger partial charge in [-0.2, -0.15) is 8.78 Å². The van der Waals surface area contributed by atoms with Gasteiger partial charge in [0.25, 0.3) is 0 Å². The largest absolute Gasteiger partial charge is 0.486 e. The fourth-order valence-corrected chi connectivity index (χ4v) is 2.33. The smallest absolute Gasteiger partial charge is 0.206 e. The van der Waals surface area contributed by atoms with Gasteiger partial charge in [-0.25, -0.2) is 13.2 Å². The van der Waals surface area contributed by atoms with E-state index in [0.29, 0.717) is 12.8 Å². The Balaban J connectivity index is 2.21. The molecular weight excluding hydrogens is 281 g/mol. The van der Waals surface area contributed by atoms with Crippen LogP contribution in [-0.4, -0.2) is 12.1 Å². The van der Waals surface area contributed by atoms with Crippen LogP contribution in [0.25, 0.3) is 0 Å². The van der Waals surface area contributed by atoms with Crippen LogP contribution in [0.15, 0.2) is 0 Å². The minimum absolute atomic E-state index is 0.286. The van der Waals surface area contributed by atoms with Crippen LogP contribution >= 0.6 is 0 Å². The second-order valence-electron chi connectivity index (χ2n) is 5.11. The number of halogens is 5. The Kier molecular flexibility index (Phi) is 4.17. The molecule has 1 fully saturated rings. The number of rotatable bonds is 3. The van der Waals surface area contributed by atoms with Gasteiger partial charge in [0.15, 0.2) is 5.75 Å². The Hall–Kier alpha value is -1.37. The van der Waals surface area contributed by atoms with Crippen molar-refractivity contribution in [2.45, 2.75) is 37.6 Å². The van der Waals surface area contributed by atoms with E-state index in [9.17, 15) is 22.0 Å². The minimum atomic E-state index is -2.20. The van der Waals surface area contributed by atoms with Gasteiger partial charge in [0, 0.05) is 0 Å². The van der Waals surface area contributed by atoms with Gasteiger partial charge in [-0.3, -0.25) is 0 Å². The van der Waals surface area contributed by atoms with E-state index in [-0.39, 0.29) is 6.61 Å². The van der Waals surface area contributed by atoms with Gasteiger partial charge >= 0.3 is 0 Å². The normalized spacial score (nSPS) is 18.1. The molecule has 112 valence electrons. The van der Waals surface area contributed by atoms with Gasteiger partial charge in [-0.1, -0.05) is 19.3 Å². The van der Waals surface area contributed by atoms with Crippen molar-refractivity contribution >= 4 is 0 Å². The summed E-state index contributed by atoms with van der Waals surface area (Å²) in [5.41, 5.74) is 5.19. The number of hydrogen-bond acceptors (Lipinski definition) is 2. The monoisotopic (exact) mass is 295 g/mol. The molecule has 0 saturated heterocycles. The Morgan fingerprint density at radius 3 is 1.75 bits per heavy atom. The molecule has 7 heteroatoms. The Labute approximate surface area is 112 Å². The first-order valence-corrected chi connectivity index (χ1v) is 6.29. The Morgan fingerprint density at radius 2 is 1.25 bits per heavy atom. The lowest BCUT2D eigenvalue weighted by Gasteiger charge is -2.33. The summed E-state index contributed by atoms with van der Waals surface area (Å²) in [7, 11) is 0. The quantitative estimate of drug-likeness (QED) is 0.527. The predicted molar refractivity (Wildman–Crippen MR) is 61.7 cm³/mol. The summed E-state index contributed by atoms with van der Waals surface area (Å²) >= 11 is 0. The molecule has 20 heavy (non-hydrogen) atoms. The summed E-state index contributed by atoms with van der Waals surface area (Å²) in [5, 5.41) is 0. The highest BCUT2D eigenvalue weighted by molar-refractivity contribution is 5.29. The van der Waals surface area contributed by atoms with Crippen molar-refractivity contribution in [3.05, 3.63) is 29.1 Å². The molecule has 0 amide bonds. The number of nitrogens with two attached hydrogens (primary N) is 1. The van der Waals surface area contributed by atoms with E-state index in [1.165, 1.54) is 0 Å². The molecule has 2 rings (SSSR count). The van der Waals surface area contributed by atoms with Crippen LogP contribution in [0.2, 0.25) is 0 Å². The number of hydrogen-bond donors (Lipinski definition) is 1. The van der Waals surface area contributed by atoms with Gasteiger partial charge in [0.2, 0.25) is 29.1 Å². The van der Waals surface area contributed by atoms with Crippen molar-refractivity contribution in [1.29, 1.82) is 0 Å². The lowest BCUT2D eigenvalue weighted by atomic mass is 9.83. The zero-order valence-electron chi connectivity index (χ0n) is 10.6. The molecule has 0 aromatic heterocycles. The molecule has 0 atom stereocenters. The minimum Gasteiger partial charge on any atom is -0.486 e. The van der Waals surface area contributed by atoms with Crippen molar-refractivity contribution in [1.82, 2.24) is 0 Å². The standard InChI is InChI=1S/C13H14F5NO/c14-7-8(15)10(17)12(11(18)9(7)16)20-6-13(19)4-2-1-3-5-13/h1-6,19H2. The Morgan fingerprint density at radius 1 is 0.800 bits per heavy atom. The number of ether oxygens (including phenoxy) is 1. The third-order valence-corrected chi connectivity index (χ3v) is 3.52. The topological polar surface area (TPSA) is 35.2 Å². The predicted octanol–water partition coefficient (Wildman–Crippen LogP) is 3.42. The van der Waals surface area contributed by atoms with Gasteiger partial charge in [-0.05, 0) is 12.8 Å². The zero-order chi connectivity index (χ0) is 14.9. The van der Waals surface area contributed by atoms with Crippen molar-refractivity contribution in [3.8, 4) is 5.75 Å². The molecule has 0 spiro atoms. The van der Waals surface area contributed by atoms with Crippen LogP contribution in [-0.2, 0) is 0 Å². The van der Waals surface area contributed by atoms with Crippen molar-refractivity contribution < 1.29 is 26.7 Å². The second kappa shape index (κ2) is 5.55. The first kappa shape index (κ1) is 15.0. The van der Waals surface area contributed by atoms with Crippen LogP contribution in [0.3, 0.4) is 0 Å². The average Bonchev–Trinajstić information content (AvgIpc) is 2.44. The van der Waals surface area contributed by atoms with Gasteiger partial charge in [0.1, 0.15) is 6.61 Å². The molecule has 1 saturated carbocycles. The van der Waals surface area contributed by atoms with E-state index in [0.717, 1.165) is 19.3 Å². The average molecular weight is 295 g/mol. The highest BCUT2D eigenvalue weighted by atomic mass is 19.2. The zero-order valence-corrected chi connectivity index (χ0v) is 10.6. The molecule has 2 N–H and O–H groups in total. The van der Waals surface area contributed by atoms with E-state index in [4.69, 9.17) is 10.5 Å². The van der Waals surface area contributed by atoms with Crippen molar-refractivity contribution in [2.75, 3.05) is 6.61 Å². The fourth-order valence-electron chi connectivity index (χ4n) is 2.33. The lowest BCUT2D eigenvalue weighted by Crippen LogP contribution is -2.47. The van der Waals surface area contributed by atoms with E-state index >= 15 is 0 Å². The van der Waals surface area contributed by atoms with Crippen LogP contribution in [0.1, 0.15) is 32.1 Å². The molecule has 1 aromatic carbocycles. The van der Waals surface area contributed by atoms with Crippen molar-refractivity contribution in [3.63, 3.8) is 0 Å².